The average Bonchev–Trinajstić information content (AvgIpc) is 2.98. The summed E-state index contributed by atoms with van der Waals surface area (Å²) in [5.74, 6) is 1.47. The van der Waals surface area contributed by atoms with Crippen molar-refractivity contribution >= 4 is 70.6 Å². The van der Waals surface area contributed by atoms with Crippen LogP contribution >= 0.6 is 53.1 Å². The molecular weight excluding hydrogens is 635 g/mol. The normalized spacial score (nSPS) is 12.5. The van der Waals surface area contributed by atoms with Gasteiger partial charge in [0.05, 0.1) is 24.7 Å². The summed E-state index contributed by atoms with van der Waals surface area (Å²) < 4.78 is 5.81. The van der Waals surface area contributed by atoms with E-state index in [1.54, 1.807) is 0 Å². The first-order valence-electron chi connectivity index (χ1n) is 15.4. The van der Waals surface area contributed by atoms with Gasteiger partial charge in [0, 0.05) is 25.1 Å². The summed E-state index contributed by atoms with van der Waals surface area (Å²) in [7, 11) is 0. The Morgan fingerprint density at radius 2 is 1.34 bits per heavy atom. The molecule has 0 radical (unpaired) electrons. The number of carbonyl (C=O) groups is 3. The zero-order valence-electron chi connectivity index (χ0n) is 26.6. The van der Waals surface area contributed by atoms with Gasteiger partial charge in [-0.25, -0.2) is 0 Å². The third-order valence-electron chi connectivity index (χ3n) is 7.38. The van der Waals surface area contributed by atoms with Crippen molar-refractivity contribution in [1.82, 2.24) is 5.32 Å². The van der Waals surface area contributed by atoms with Crippen LogP contribution in [0.25, 0.3) is 0 Å². The summed E-state index contributed by atoms with van der Waals surface area (Å²) in [5, 5.41) is 2.87. The molecule has 0 heterocycles. The van der Waals surface area contributed by atoms with E-state index < -0.39 is 18.1 Å². The van der Waals surface area contributed by atoms with Crippen molar-refractivity contribution in [2.75, 3.05) is 19.7 Å². The molecule has 3 atom stereocenters. The van der Waals surface area contributed by atoms with Crippen LogP contribution in [-0.4, -0.2) is 55.3 Å². The van der Waals surface area contributed by atoms with Gasteiger partial charge in [-0.2, -0.15) is 53.1 Å². The monoisotopic (exact) mass is 695 g/mol. The van der Waals surface area contributed by atoms with E-state index in [2.05, 4.69) is 24.9 Å². The summed E-state index contributed by atoms with van der Waals surface area (Å²) in [6, 6.07) is 4.56. The number of nitrogens with one attached hydrogen (secondary N) is 1. The summed E-state index contributed by atoms with van der Waals surface area (Å²) in [6.45, 7) is 3.70. The van der Waals surface area contributed by atoms with Crippen LogP contribution in [0.5, 0.6) is 5.75 Å². The molecule has 9 nitrogen and oxygen atoms in total. The van der Waals surface area contributed by atoms with Gasteiger partial charge in [0.25, 0.3) is 0 Å². The number of nitrogens with two attached hydrogens (primary N) is 4. The van der Waals surface area contributed by atoms with E-state index in [-0.39, 0.29) is 58.0 Å². The van der Waals surface area contributed by atoms with E-state index >= 15 is 0 Å². The van der Waals surface area contributed by atoms with Crippen LogP contribution in [0.1, 0.15) is 102 Å². The Morgan fingerprint density at radius 1 is 0.773 bits per heavy atom. The Kier molecular flexibility index (Phi) is 31.8. The van der Waals surface area contributed by atoms with E-state index in [0.717, 1.165) is 57.1 Å². The van der Waals surface area contributed by atoms with Crippen LogP contribution in [0, 0.1) is 0 Å². The van der Waals surface area contributed by atoms with Gasteiger partial charge >= 0.3 is 0 Å². The van der Waals surface area contributed by atoms with Crippen LogP contribution in [0.15, 0.2) is 18.2 Å². The highest BCUT2D eigenvalue weighted by atomic mass is 32.1. The third kappa shape index (κ3) is 21.0. The molecule has 44 heavy (non-hydrogen) atoms. The fraction of sp³-hybridized carbons (Fsp3) is 0.710. The molecule has 0 aliphatic rings. The van der Waals surface area contributed by atoms with Crippen molar-refractivity contribution in [3.63, 3.8) is 0 Å². The van der Waals surface area contributed by atoms with Gasteiger partial charge in [-0.3, -0.25) is 14.4 Å². The standard InChI is InChI=1S/C31H55N5O4S.3H2S/c1-2-23-21-25(17-16-24(23)22-41)40-20-10-15-30(38)27(34)12-7-9-19-36-31(39)28(35)13-4-3-5-14-29(37)26(33)11-6-8-18-32;;;/h16-17,21,26-28,41H,2-15,18-20,22,32-35H2,1H3,(H,36,39);3*1H2/t26-,27-,28-;;;/m0.../s1. The minimum absolute atomic E-state index is 0. The maximum atomic E-state index is 12.4. The molecule has 13 heteroatoms. The van der Waals surface area contributed by atoms with Crippen molar-refractivity contribution in [3.8, 4) is 5.75 Å². The van der Waals surface area contributed by atoms with Crippen molar-refractivity contribution in [3.05, 3.63) is 29.3 Å². The molecule has 0 saturated heterocycles. The average molecular weight is 696 g/mol. The van der Waals surface area contributed by atoms with Crippen molar-refractivity contribution in [2.45, 2.75) is 121 Å². The number of Topliss-reactive ketones (excluding diaryl/α,β-unsaturated/α-hetero) is 2. The highest BCUT2D eigenvalue weighted by Crippen LogP contribution is 2.20. The Bertz CT molecular complexity index is 914. The van der Waals surface area contributed by atoms with E-state index in [0.29, 0.717) is 64.0 Å². The number of carbonyl (C=O) groups excluding carboxylic acids is 3. The topological polar surface area (TPSA) is 177 Å². The van der Waals surface area contributed by atoms with Gasteiger partial charge in [0.1, 0.15) is 17.3 Å². The number of amides is 1. The fourth-order valence-corrected chi connectivity index (χ4v) is 4.93. The number of unbranched alkanes of at least 4 members (excludes halogenated alkanes) is 4. The number of hydrogen-bond acceptors (Lipinski definition) is 9. The predicted octanol–water partition coefficient (Wildman–Crippen LogP) is 3.66. The smallest absolute Gasteiger partial charge is 0.236 e. The predicted molar refractivity (Wildman–Crippen MR) is 201 cm³/mol. The molecule has 0 aromatic heterocycles. The summed E-state index contributed by atoms with van der Waals surface area (Å²) in [6.07, 6.45) is 9.87. The Hall–Kier alpha value is -0.930. The maximum Gasteiger partial charge on any atom is 0.236 e. The SMILES string of the molecule is CCc1cc(OCCCC(=O)[C@@H](N)CCCCNC(=O)[C@@H](N)CCCCCC(=O)[C@@H](N)CCCCN)ccc1CS.S.S.S. The molecule has 1 amide bonds. The minimum Gasteiger partial charge on any atom is -0.494 e. The van der Waals surface area contributed by atoms with Gasteiger partial charge in [0.2, 0.25) is 5.91 Å². The van der Waals surface area contributed by atoms with E-state index in [4.69, 9.17) is 27.7 Å². The van der Waals surface area contributed by atoms with Crippen LogP contribution in [0.2, 0.25) is 0 Å². The number of hydrogen-bond donors (Lipinski definition) is 6. The zero-order chi connectivity index (χ0) is 30.5. The Morgan fingerprint density at radius 3 is 1.93 bits per heavy atom. The van der Waals surface area contributed by atoms with Gasteiger partial charge < -0.3 is 33.0 Å². The number of aryl methyl sites for hydroxylation is 1. The second-order valence-corrected chi connectivity index (χ2v) is 11.1. The lowest BCUT2D eigenvalue weighted by atomic mass is 10.0. The molecular formula is C31H61N5O4S4. The van der Waals surface area contributed by atoms with Crippen molar-refractivity contribution in [2.24, 2.45) is 22.9 Å². The van der Waals surface area contributed by atoms with Gasteiger partial charge in [-0.1, -0.05) is 32.3 Å². The number of ketones is 2. The van der Waals surface area contributed by atoms with Crippen molar-refractivity contribution in [1.29, 1.82) is 0 Å². The zero-order valence-corrected chi connectivity index (χ0v) is 30.5. The molecule has 0 unspecified atom stereocenters. The molecule has 258 valence electrons. The van der Waals surface area contributed by atoms with E-state index in [1.165, 1.54) is 11.1 Å². The molecule has 0 bridgehead atoms. The summed E-state index contributed by atoms with van der Waals surface area (Å²) in [5.41, 5.74) is 25.9. The maximum absolute atomic E-state index is 12.4. The number of rotatable bonds is 25. The van der Waals surface area contributed by atoms with Gasteiger partial charge in [-0.15, -0.1) is 0 Å². The van der Waals surface area contributed by atoms with Crippen molar-refractivity contribution < 1.29 is 19.1 Å². The largest absolute Gasteiger partial charge is 0.494 e. The van der Waals surface area contributed by atoms with Crippen LogP contribution in [0.3, 0.4) is 0 Å². The molecule has 9 N–H and O–H groups in total. The van der Waals surface area contributed by atoms with Crippen LogP contribution in [-0.2, 0) is 26.6 Å². The summed E-state index contributed by atoms with van der Waals surface area (Å²) >= 11 is 4.36. The second-order valence-electron chi connectivity index (χ2n) is 10.8. The second kappa shape index (κ2) is 29.5. The van der Waals surface area contributed by atoms with Crippen LogP contribution in [0.4, 0.5) is 0 Å². The van der Waals surface area contributed by atoms with Crippen LogP contribution < -0.4 is 33.0 Å². The molecule has 0 saturated carbocycles. The quantitative estimate of drug-likeness (QED) is 0.0663. The molecule has 1 aromatic rings. The highest BCUT2D eigenvalue weighted by molar-refractivity contribution is 7.79. The minimum atomic E-state index is -0.565. The lowest BCUT2D eigenvalue weighted by molar-refractivity contribution is -0.123. The van der Waals surface area contributed by atoms with Gasteiger partial charge in [-0.05, 0) is 87.6 Å². The lowest BCUT2D eigenvalue weighted by Crippen LogP contribution is -2.41. The summed E-state index contributed by atoms with van der Waals surface area (Å²) in [4.78, 5) is 36.7. The molecule has 0 fully saturated rings. The first-order chi connectivity index (χ1) is 19.7. The number of benzene rings is 1. The van der Waals surface area contributed by atoms with E-state index in [1.807, 2.05) is 18.2 Å². The molecule has 0 spiro atoms. The first-order valence-corrected chi connectivity index (χ1v) is 16.0. The highest BCUT2D eigenvalue weighted by Gasteiger charge is 2.16. The Labute approximate surface area is 292 Å². The van der Waals surface area contributed by atoms with E-state index in [9.17, 15) is 14.4 Å². The third-order valence-corrected chi connectivity index (χ3v) is 7.72. The fourth-order valence-electron chi connectivity index (χ4n) is 4.62. The lowest BCUT2D eigenvalue weighted by Gasteiger charge is -2.14. The van der Waals surface area contributed by atoms with Gasteiger partial charge in [0.15, 0.2) is 0 Å². The Balaban J connectivity index is -0.00000560. The molecule has 0 aliphatic carbocycles. The molecule has 1 rings (SSSR count). The molecule has 0 aliphatic heterocycles. The number of thiol groups is 1. The molecule has 1 aromatic carbocycles. The number of ether oxygens (including phenoxy) is 1. The first kappa shape index (κ1) is 47.5.